The van der Waals surface area contributed by atoms with Crippen LogP contribution >= 0.6 is 11.8 Å². The fourth-order valence-corrected chi connectivity index (χ4v) is 3.95. The summed E-state index contributed by atoms with van der Waals surface area (Å²) in [4.78, 5) is 17.5. The molecule has 3 aromatic rings. The van der Waals surface area contributed by atoms with E-state index in [-0.39, 0.29) is 6.04 Å². The summed E-state index contributed by atoms with van der Waals surface area (Å²) in [5.41, 5.74) is 2.53. The summed E-state index contributed by atoms with van der Waals surface area (Å²) in [5.74, 6) is 0.898. The van der Waals surface area contributed by atoms with Gasteiger partial charge in [-0.05, 0) is 43.4 Å². The molecule has 28 heavy (non-hydrogen) atoms. The third-order valence-corrected chi connectivity index (χ3v) is 5.51. The fraction of sp³-hybridized carbons (Fsp3) is 0.300. The molecule has 1 aromatic carbocycles. The molecule has 144 valence electrons. The molecule has 4 rings (SSSR count). The van der Waals surface area contributed by atoms with Gasteiger partial charge >= 0.3 is 6.09 Å². The van der Waals surface area contributed by atoms with Crippen LogP contribution in [0.25, 0.3) is 22.6 Å². The van der Waals surface area contributed by atoms with Crippen LogP contribution < -0.4 is 10.1 Å². The standard InChI is InChI=1S/C20H20N4O3S/c1-28-18-7-6-16(27-20(25)23-15-4-2-3-5-15)9-17(18)13-8-14(11-21-10-13)19-24-22-12-26-19/h6-12,15H,2-5H2,1H3,(H,23,25). The molecule has 0 saturated heterocycles. The minimum absolute atomic E-state index is 0.215. The van der Waals surface area contributed by atoms with Crippen molar-refractivity contribution in [2.24, 2.45) is 0 Å². The lowest BCUT2D eigenvalue weighted by Gasteiger charge is -2.14. The second-order valence-electron chi connectivity index (χ2n) is 6.58. The number of aromatic nitrogens is 3. The molecule has 2 heterocycles. The Hall–Kier alpha value is -2.87. The number of hydrogen-bond acceptors (Lipinski definition) is 7. The van der Waals surface area contributed by atoms with Gasteiger partial charge < -0.3 is 14.5 Å². The molecule has 1 N–H and O–H groups in total. The van der Waals surface area contributed by atoms with E-state index in [1.807, 2.05) is 24.5 Å². The van der Waals surface area contributed by atoms with Crippen molar-refractivity contribution < 1.29 is 13.9 Å². The van der Waals surface area contributed by atoms with Crippen LogP contribution in [0.15, 0.2) is 52.4 Å². The minimum atomic E-state index is -0.410. The highest BCUT2D eigenvalue weighted by molar-refractivity contribution is 7.98. The quantitative estimate of drug-likeness (QED) is 0.633. The van der Waals surface area contributed by atoms with Crippen molar-refractivity contribution in [1.82, 2.24) is 20.5 Å². The van der Waals surface area contributed by atoms with Crippen molar-refractivity contribution in [3.63, 3.8) is 0 Å². The third-order valence-electron chi connectivity index (χ3n) is 4.71. The van der Waals surface area contributed by atoms with Crippen LogP contribution in [0.3, 0.4) is 0 Å². The molecule has 0 radical (unpaired) electrons. The number of benzene rings is 1. The highest BCUT2D eigenvalue weighted by Crippen LogP contribution is 2.34. The Labute approximate surface area is 166 Å². The first-order chi connectivity index (χ1) is 13.7. The Morgan fingerprint density at radius 3 is 2.79 bits per heavy atom. The van der Waals surface area contributed by atoms with E-state index < -0.39 is 6.09 Å². The molecular formula is C20H20N4O3S. The van der Waals surface area contributed by atoms with Gasteiger partial charge in [0.1, 0.15) is 5.75 Å². The predicted molar refractivity (Wildman–Crippen MR) is 106 cm³/mol. The fourth-order valence-electron chi connectivity index (χ4n) is 3.35. The third kappa shape index (κ3) is 4.17. The van der Waals surface area contributed by atoms with E-state index in [1.165, 1.54) is 6.39 Å². The van der Waals surface area contributed by atoms with Gasteiger partial charge in [0.2, 0.25) is 12.3 Å². The van der Waals surface area contributed by atoms with E-state index >= 15 is 0 Å². The van der Waals surface area contributed by atoms with Crippen molar-refractivity contribution in [3.8, 4) is 28.3 Å². The summed E-state index contributed by atoms with van der Waals surface area (Å²) < 4.78 is 10.8. The molecule has 0 aliphatic heterocycles. The first-order valence-corrected chi connectivity index (χ1v) is 10.3. The summed E-state index contributed by atoms with van der Waals surface area (Å²) in [6, 6.07) is 7.75. The molecule has 0 unspecified atom stereocenters. The van der Waals surface area contributed by atoms with E-state index in [0.29, 0.717) is 11.6 Å². The van der Waals surface area contributed by atoms with Crippen LogP contribution in [-0.2, 0) is 0 Å². The number of nitrogens with zero attached hydrogens (tertiary/aromatic N) is 3. The predicted octanol–water partition coefficient (Wildman–Crippen LogP) is 4.55. The molecule has 0 bridgehead atoms. The first-order valence-electron chi connectivity index (χ1n) is 9.11. The molecule has 1 fully saturated rings. The monoisotopic (exact) mass is 396 g/mol. The van der Waals surface area contributed by atoms with Crippen molar-refractivity contribution in [2.45, 2.75) is 36.6 Å². The van der Waals surface area contributed by atoms with Crippen LogP contribution in [0.4, 0.5) is 4.79 Å². The summed E-state index contributed by atoms with van der Waals surface area (Å²) in [6.07, 6.45) is 10.6. The molecule has 1 aliphatic rings. The van der Waals surface area contributed by atoms with Gasteiger partial charge in [-0.25, -0.2) is 4.79 Å². The average molecular weight is 396 g/mol. The smallest absolute Gasteiger partial charge is 0.412 e. The van der Waals surface area contributed by atoms with Gasteiger partial charge in [0, 0.05) is 34.5 Å². The van der Waals surface area contributed by atoms with Gasteiger partial charge in [-0.1, -0.05) is 12.8 Å². The second-order valence-corrected chi connectivity index (χ2v) is 7.43. The van der Waals surface area contributed by atoms with Gasteiger partial charge in [0.25, 0.3) is 0 Å². The first kappa shape index (κ1) is 18.5. The maximum Gasteiger partial charge on any atom is 0.412 e. The van der Waals surface area contributed by atoms with E-state index in [4.69, 9.17) is 9.15 Å². The second kappa shape index (κ2) is 8.43. The molecule has 7 nitrogen and oxygen atoms in total. The maximum atomic E-state index is 12.2. The average Bonchev–Trinajstić information content (AvgIpc) is 3.42. The normalized spacial score (nSPS) is 14.2. The largest absolute Gasteiger partial charge is 0.423 e. The Kier molecular flexibility index (Phi) is 5.57. The molecule has 2 aromatic heterocycles. The number of carbonyl (C=O) groups excluding carboxylic acids is 1. The number of ether oxygens (including phenoxy) is 1. The lowest BCUT2D eigenvalue weighted by Crippen LogP contribution is -2.34. The van der Waals surface area contributed by atoms with Crippen LogP contribution in [0.1, 0.15) is 25.7 Å². The van der Waals surface area contributed by atoms with Crippen molar-refractivity contribution in [1.29, 1.82) is 0 Å². The zero-order valence-electron chi connectivity index (χ0n) is 15.4. The molecule has 0 spiro atoms. The maximum absolute atomic E-state index is 12.2. The van der Waals surface area contributed by atoms with Crippen molar-refractivity contribution in [3.05, 3.63) is 43.1 Å². The molecule has 0 atom stereocenters. The Bertz CT molecular complexity index is 956. The number of pyridine rings is 1. The van der Waals surface area contributed by atoms with Crippen LogP contribution in [0, 0.1) is 0 Å². The SMILES string of the molecule is CSc1ccc(OC(=O)NC2CCCC2)cc1-c1cncc(-c2nnco2)c1. The topological polar surface area (TPSA) is 90.1 Å². The Morgan fingerprint density at radius 1 is 1.21 bits per heavy atom. The molecule has 8 heteroatoms. The zero-order valence-corrected chi connectivity index (χ0v) is 16.2. The number of nitrogens with one attached hydrogen (secondary N) is 1. The summed E-state index contributed by atoms with van der Waals surface area (Å²) in [6.45, 7) is 0. The Balaban J connectivity index is 1.58. The van der Waals surface area contributed by atoms with E-state index in [2.05, 4.69) is 20.5 Å². The Morgan fingerprint density at radius 2 is 2.04 bits per heavy atom. The number of hydrogen-bond donors (Lipinski definition) is 1. The molecular weight excluding hydrogens is 376 g/mol. The van der Waals surface area contributed by atoms with Crippen LogP contribution in [0.2, 0.25) is 0 Å². The van der Waals surface area contributed by atoms with Gasteiger partial charge in [-0.3, -0.25) is 4.98 Å². The number of thioether (sulfide) groups is 1. The summed E-state index contributed by atoms with van der Waals surface area (Å²) >= 11 is 1.61. The highest BCUT2D eigenvalue weighted by atomic mass is 32.2. The van der Waals surface area contributed by atoms with Gasteiger partial charge in [0.05, 0.1) is 5.56 Å². The van der Waals surface area contributed by atoms with E-state index in [9.17, 15) is 4.79 Å². The minimum Gasteiger partial charge on any atom is -0.423 e. The zero-order chi connectivity index (χ0) is 19.3. The lowest BCUT2D eigenvalue weighted by molar-refractivity contribution is 0.196. The van der Waals surface area contributed by atoms with Crippen LogP contribution in [-0.4, -0.2) is 33.6 Å². The highest BCUT2D eigenvalue weighted by Gasteiger charge is 2.18. The van der Waals surface area contributed by atoms with E-state index in [1.54, 1.807) is 30.2 Å². The lowest BCUT2D eigenvalue weighted by atomic mass is 10.1. The number of carbonyl (C=O) groups is 1. The van der Waals surface area contributed by atoms with Gasteiger partial charge in [0.15, 0.2) is 0 Å². The molecule has 1 aliphatic carbocycles. The van der Waals surface area contributed by atoms with E-state index in [0.717, 1.165) is 47.3 Å². The van der Waals surface area contributed by atoms with Gasteiger partial charge in [-0.2, -0.15) is 0 Å². The molecule has 1 saturated carbocycles. The summed E-state index contributed by atoms with van der Waals surface area (Å²) in [5, 5.41) is 10.6. The van der Waals surface area contributed by atoms with Crippen molar-refractivity contribution in [2.75, 3.05) is 6.26 Å². The number of amides is 1. The summed E-state index contributed by atoms with van der Waals surface area (Å²) in [7, 11) is 0. The van der Waals surface area contributed by atoms with Crippen molar-refractivity contribution >= 4 is 17.9 Å². The van der Waals surface area contributed by atoms with Crippen LogP contribution in [0.5, 0.6) is 5.75 Å². The number of rotatable bonds is 5. The molecule has 1 amide bonds. The van der Waals surface area contributed by atoms with Gasteiger partial charge in [-0.15, -0.1) is 22.0 Å².